The molecule has 0 saturated carbocycles. The zero-order chi connectivity index (χ0) is 21.0. The Morgan fingerprint density at radius 2 is 2.03 bits per heavy atom. The van der Waals surface area contributed by atoms with Crippen LogP contribution in [0.3, 0.4) is 0 Å². The molecule has 0 radical (unpaired) electrons. The van der Waals surface area contributed by atoms with Crippen LogP contribution in [0.2, 0.25) is 0 Å². The Balaban J connectivity index is 1.96. The fraction of sp³-hybridized carbons (Fsp3) is 0.300. The van der Waals surface area contributed by atoms with Crippen LogP contribution in [0.15, 0.2) is 39.4 Å². The molecule has 1 aromatic carbocycles. The number of rotatable bonds is 7. The maximum absolute atomic E-state index is 12.5. The van der Waals surface area contributed by atoms with Crippen molar-refractivity contribution in [1.29, 1.82) is 5.26 Å². The second kappa shape index (κ2) is 8.75. The molecule has 0 atom stereocenters. The van der Waals surface area contributed by atoms with Crippen LogP contribution in [0.5, 0.6) is 11.5 Å². The minimum absolute atomic E-state index is 0.00213. The average molecular weight is 412 g/mol. The summed E-state index contributed by atoms with van der Waals surface area (Å²) in [6.45, 7) is 4.57. The maximum Gasteiger partial charge on any atom is 0.331 e. The molecule has 9 heteroatoms. The molecule has 2 aromatic heterocycles. The Morgan fingerprint density at radius 1 is 1.24 bits per heavy atom. The largest absolute Gasteiger partial charge is 0.493 e. The molecule has 29 heavy (non-hydrogen) atoms. The highest BCUT2D eigenvalue weighted by Crippen LogP contribution is 2.33. The van der Waals surface area contributed by atoms with Gasteiger partial charge in [0.1, 0.15) is 16.6 Å². The summed E-state index contributed by atoms with van der Waals surface area (Å²) >= 11 is 1.40. The SMILES string of the molecule is CCOc1ccc(-c2nc(Cn3c(=O)c(C#N)cn(CC)c3=O)cs2)cc1OC. The van der Waals surface area contributed by atoms with E-state index in [1.165, 1.54) is 22.1 Å². The predicted octanol–water partition coefficient (Wildman–Crippen LogP) is 2.48. The van der Waals surface area contributed by atoms with Crippen molar-refractivity contribution in [2.75, 3.05) is 13.7 Å². The highest BCUT2D eigenvalue weighted by atomic mass is 32.1. The smallest absolute Gasteiger partial charge is 0.331 e. The van der Waals surface area contributed by atoms with Crippen molar-refractivity contribution >= 4 is 11.3 Å². The number of thiazole rings is 1. The van der Waals surface area contributed by atoms with E-state index < -0.39 is 11.2 Å². The molecule has 0 amide bonds. The summed E-state index contributed by atoms with van der Waals surface area (Å²) in [6, 6.07) is 7.38. The van der Waals surface area contributed by atoms with Gasteiger partial charge in [0, 0.05) is 23.7 Å². The van der Waals surface area contributed by atoms with Gasteiger partial charge < -0.3 is 9.47 Å². The second-order valence-corrected chi connectivity index (χ2v) is 6.92. The molecule has 3 rings (SSSR count). The summed E-state index contributed by atoms with van der Waals surface area (Å²) in [5, 5.41) is 11.7. The Labute approximate surface area is 171 Å². The lowest BCUT2D eigenvalue weighted by atomic mass is 10.2. The number of hydrogen-bond acceptors (Lipinski definition) is 7. The molecule has 3 aromatic rings. The zero-order valence-corrected chi connectivity index (χ0v) is 17.2. The first-order chi connectivity index (χ1) is 14.0. The Kier molecular flexibility index (Phi) is 6.14. The van der Waals surface area contributed by atoms with Crippen molar-refractivity contribution in [3.05, 3.63) is 61.9 Å². The van der Waals surface area contributed by atoms with E-state index in [0.717, 1.165) is 15.1 Å². The molecule has 0 N–H and O–H groups in total. The Hall–Kier alpha value is -3.38. The van der Waals surface area contributed by atoms with Crippen molar-refractivity contribution in [3.8, 4) is 28.1 Å². The summed E-state index contributed by atoms with van der Waals surface area (Å²) in [5.41, 5.74) is 0.256. The van der Waals surface area contributed by atoms with Gasteiger partial charge in [0.15, 0.2) is 11.5 Å². The molecule has 0 fully saturated rings. The van der Waals surface area contributed by atoms with E-state index in [1.807, 2.05) is 31.2 Å². The molecule has 150 valence electrons. The third kappa shape index (κ3) is 4.07. The maximum atomic E-state index is 12.5. The number of methoxy groups -OCH3 is 1. The summed E-state index contributed by atoms with van der Waals surface area (Å²) in [4.78, 5) is 29.5. The minimum Gasteiger partial charge on any atom is -0.493 e. The Bertz CT molecular complexity index is 1190. The van der Waals surface area contributed by atoms with Gasteiger partial charge in [0.25, 0.3) is 5.56 Å². The molecule has 0 aliphatic heterocycles. The van der Waals surface area contributed by atoms with Gasteiger partial charge in [-0.25, -0.2) is 9.78 Å². The lowest BCUT2D eigenvalue weighted by Crippen LogP contribution is -2.41. The van der Waals surface area contributed by atoms with Crippen molar-refractivity contribution in [2.45, 2.75) is 26.9 Å². The molecule has 0 aliphatic carbocycles. The van der Waals surface area contributed by atoms with Crippen LogP contribution in [0, 0.1) is 11.3 Å². The molecular formula is C20H20N4O4S. The molecule has 2 heterocycles. The van der Waals surface area contributed by atoms with Crippen molar-refractivity contribution in [3.63, 3.8) is 0 Å². The average Bonchev–Trinajstić information content (AvgIpc) is 3.20. The molecule has 0 aliphatic rings. The lowest BCUT2D eigenvalue weighted by Gasteiger charge is -2.10. The molecule has 0 spiro atoms. The summed E-state index contributed by atoms with van der Waals surface area (Å²) in [5.74, 6) is 1.25. The van der Waals surface area contributed by atoms with Gasteiger partial charge in [-0.05, 0) is 32.0 Å². The standard InChI is InChI=1S/C20H20N4O4S/c1-4-23-10-14(9-21)19(25)24(20(23)26)11-15-12-29-18(22-15)13-6-7-16(28-5-2)17(8-13)27-3/h6-8,10,12H,4-5,11H2,1-3H3. The van der Waals surface area contributed by atoms with Crippen molar-refractivity contribution in [1.82, 2.24) is 14.1 Å². The summed E-state index contributed by atoms with van der Waals surface area (Å²) in [7, 11) is 1.57. The summed E-state index contributed by atoms with van der Waals surface area (Å²) in [6.07, 6.45) is 1.29. The van der Waals surface area contributed by atoms with E-state index in [0.29, 0.717) is 30.3 Å². The summed E-state index contributed by atoms with van der Waals surface area (Å²) < 4.78 is 13.3. The van der Waals surface area contributed by atoms with Crippen molar-refractivity contribution < 1.29 is 9.47 Å². The van der Waals surface area contributed by atoms with Crippen LogP contribution >= 0.6 is 11.3 Å². The molecule has 8 nitrogen and oxygen atoms in total. The van der Waals surface area contributed by atoms with Crippen LogP contribution < -0.4 is 20.7 Å². The highest BCUT2D eigenvalue weighted by molar-refractivity contribution is 7.13. The van der Waals surface area contributed by atoms with Crippen LogP contribution in [-0.4, -0.2) is 27.8 Å². The van der Waals surface area contributed by atoms with E-state index in [4.69, 9.17) is 14.7 Å². The third-order valence-electron chi connectivity index (χ3n) is 4.28. The third-order valence-corrected chi connectivity index (χ3v) is 5.22. The van der Waals surface area contributed by atoms with E-state index in [9.17, 15) is 9.59 Å². The number of aromatic nitrogens is 3. The first-order valence-electron chi connectivity index (χ1n) is 9.02. The van der Waals surface area contributed by atoms with E-state index in [2.05, 4.69) is 4.98 Å². The Morgan fingerprint density at radius 3 is 2.69 bits per heavy atom. The minimum atomic E-state index is -0.612. The van der Waals surface area contributed by atoms with Gasteiger partial charge in [-0.15, -0.1) is 11.3 Å². The van der Waals surface area contributed by atoms with Crippen LogP contribution in [0.1, 0.15) is 25.1 Å². The lowest BCUT2D eigenvalue weighted by molar-refractivity contribution is 0.311. The van der Waals surface area contributed by atoms with Gasteiger partial charge in [-0.3, -0.25) is 13.9 Å². The van der Waals surface area contributed by atoms with Gasteiger partial charge in [-0.1, -0.05) is 0 Å². The van der Waals surface area contributed by atoms with E-state index in [-0.39, 0.29) is 12.1 Å². The van der Waals surface area contributed by atoms with Gasteiger partial charge in [0.2, 0.25) is 0 Å². The number of benzene rings is 1. The van der Waals surface area contributed by atoms with Gasteiger partial charge in [0.05, 0.1) is 26.0 Å². The molecular weight excluding hydrogens is 392 g/mol. The monoisotopic (exact) mass is 412 g/mol. The van der Waals surface area contributed by atoms with Crippen LogP contribution in [-0.2, 0) is 13.1 Å². The number of ether oxygens (including phenoxy) is 2. The zero-order valence-electron chi connectivity index (χ0n) is 16.3. The van der Waals surface area contributed by atoms with Crippen LogP contribution in [0.4, 0.5) is 0 Å². The van der Waals surface area contributed by atoms with Crippen molar-refractivity contribution in [2.24, 2.45) is 0 Å². The molecule has 0 saturated heterocycles. The number of hydrogen-bond donors (Lipinski definition) is 0. The molecule has 0 unspecified atom stereocenters. The fourth-order valence-electron chi connectivity index (χ4n) is 2.85. The topological polar surface area (TPSA) is 99.1 Å². The molecule has 0 bridgehead atoms. The van der Waals surface area contributed by atoms with Crippen LogP contribution in [0.25, 0.3) is 10.6 Å². The van der Waals surface area contributed by atoms with Gasteiger partial charge >= 0.3 is 5.69 Å². The predicted molar refractivity (Wildman–Crippen MR) is 110 cm³/mol. The first-order valence-corrected chi connectivity index (χ1v) is 9.90. The number of aryl methyl sites for hydroxylation is 1. The van der Waals surface area contributed by atoms with Gasteiger partial charge in [-0.2, -0.15) is 5.26 Å². The van der Waals surface area contributed by atoms with E-state index >= 15 is 0 Å². The fourth-order valence-corrected chi connectivity index (χ4v) is 3.65. The highest BCUT2D eigenvalue weighted by Gasteiger charge is 2.14. The number of nitriles is 1. The second-order valence-electron chi connectivity index (χ2n) is 6.06. The first kappa shape index (κ1) is 20.4. The quantitative estimate of drug-likeness (QED) is 0.591. The van der Waals surface area contributed by atoms with E-state index in [1.54, 1.807) is 19.4 Å². The number of nitrogens with zero attached hydrogens (tertiary/aromatic N) is 4. The normalized spacial score (nSPS) is 10.6.